The van der Waals surface area contributed by atoms with Crippen LogP contribution in [-0.4, -0.2) is 17.4 Å². The minimum atomic E-state index is 0.161. The maximum Gasteiger partial charge on any atom is 0.229 e. The highest BCUT2D eigenvalue weighted by Gasteiger charge is 2.30. The van der Waals surface area contributed by atoms with Gasteiger partial charge in [-0.3, -0.25) is 4.79 Å². The van der Waals surface area contributed by atoms with Gasteiger partial charge in [-0.05, 0) is 12.5 Å². The first kappa shape index (κ1) is 9.46. The molecule has 1 atom stereocenters. The molecule has 0 radical (unpaired) electrons. The van der Waals surface area contributed by atoms with Gasteiger partial charge in [0.25, 0.3) is 0 Å². The molecule has 0 bridgehead atoms. The molecule has 2 aromatic rings. The maximum absolute atomic E-state index is 12.0. The molecule has 1 amide bonds. The number of hydrogen-bond donors (Lipinski definition) is 1. The lowest BCUT2D eigenvalue weighted by molar-refractivity contribution is -0.119. The van der Waals surface area contributed by atoms with Crippen LogP contribution < -0.4 is 4.90 Å². The standard InChI is InChI=1S/C13H14N2O/c1-9-6-7-15(13(9)16)12-8-14-11-5-3-2-4-10(11)12/h2-5,8-9,14H,6-7H2,1H3. The predicted octanol–water partition coefficient (Wildman–Crippen LogP) is 2.54. The van der Waals surface area contributed by atoms with Gasteiger partial charge in [0.05, 0.1) is 5.69 Å². The molecule has 2 heterocycles. The van der Waals surface area contributed by atoms with Crippen LogP contribution in [0.3, 0.4) is 0 Å². The van der Waals surface area contributed by atoms with Gasteiger partial charge in [-0.1, -0.05) is 25.1 Å². The summed E-state index contributed by atoms with van der Waals surface area (Å²) in [6, 6.07) is 8.08. The summed E-state index contributed by atoms with van der Waals surface area (Å²) < 4.78 is 0. The lowest BCUT2D eigenvalue weighted by Gasteiger charge is -2.14. The van der Waals surface area contributed by atoms with E-state index in [-0.39, 0.29) is 11.8 Å². The van der Waals surface area contributed by atoms with E-state index in [0.717, 1.165) is 29.6 Å². The topological polar surface area (TPSA) is 36.1 Å². The van der Waals surface area contributed by atoms with Crippen LogP contribution in [0.2, 0.25) is 0 Å². The number of carbonyl (C=O) groups excluding carboxylic acids is 1. The third-order valence-corrected chi connectivity index (χ3v) is 3.33. The highest BCUT2D eigenvalue weighted by atomic mass is 16.2. The molecule has 0 saturated carbocycles. The van der Waals surface area contributed by atoms with Crippen molar-refractivity contribution in [3.05, 3.63) is 30.5 Å². The Bertz CT molecular complexity index is 544. The Morgan fingerprint density at radius 2 is 2.19 bits per heavy atom. The molecule has 0 aliphatic carbocycles. The SMILES string of the molecule is CC1CCN(c2c[nH]c3ccccc23)C1=O. The van der Waals surface area contributed by atoms with Gasteiger partial charge in [-0.2, -0.15) is 0 Å². The molecule has 1 N–H and O–H groups in total. The van der Waals surface area contributed by atoms with E-state index >= 15 is 0 Å². The Labute approximate surface area is 94.1 Å². The first-order valence-corrected chi connectivity index (χ1v) is 5.65. The summed E-state index contributed by atoms with van der Waals surface area (Å²) in [7, 11) is 0. The molecule has 1 saturated heterocycles. The van der Waals surface area contributed by atoms with E-state index in [2.05, 4.69) is 11.1 Å². The smallest absolute Gasteiger partial charge is 0.229 e. The second-order valence-electron chi connectivity index (χ2n) is 4.40. The molecule has 16 heavy (non-hydrogen) atoms. The number of nitrogens with one attached hydrogen (secondary N) is 1. The zero-order chi connectivity index (χ0) is 11.1. The fraction of sp³-hybridized carbons (Fsp3) is 0.308. The number of aromatic amines is 1. The minimum Gasteiger partial charge on any atom is -0.359 e. The van der Waals surface area contributed by atoms with Crippen molar-refractivity contribution < 1.29 is 4.79 Å². The molecule has 3 nitrogen and oxygen atoms in total. The van der Waals surface area contributed by atoms with Crippen LogP contribution in [0.4, 0.5) is 5.69 Å². The largest absolute Gasteiger partial charge is 0.359 e. The second-order valence-corrected chi connectivity index (χ2v) is 4.40. The Morgan fingerprint density at radius 3 is 2.94 bits per heavy atom. The van der Waals surface area contributed by atoms with Crippen molar-refractivity contribution in [1.29, 1.82) is 0 Å². The van der Waals surface area contributed by atoms with Crippen LogP contribution in [-0.2, 0) is 4.79 Å². The average molecular weight is 214 g/mol. The number of rotatable bonds is 1. The molecule has 1 aromatic heterocycles. The van der Waals surface area contributed by atoms with Crippen molar-refractivity contribution in [1.82, 2.24) is 4.98 Å². The Kier molecular flexibility index (Phi) is 1.99. The van der Waals surface area contributed by atoms with Gasteiger partial charge < -0.3 is 9.88 Å². The predicted molar refractivity (Wildman–Crippen MR) is 64.4 cm³/mol. The van der Waals surface area contributed by atoms with Crippen LogP contribution >= 0.6 is 0 Å². The molecule has 1 aliphatic rings. The van der Waals surface area contributed by atoms with E-state index in [1.54, 1.807) is 0 Å². The molecule has 1 unspecified atom stereocenters. The molecule has 1 aliphatic heterocycles. The highest BCUT2D eigenvalue weighted by Crippen LogP contribution is 2.31. The van der Waals surface area contributed by atoms with Crippen molar-refractivity contribution in [2.45, 2.75) is 13.3 Å². The summed E-state index contributed by atoms with van der Waals surface area (Å²) in [4.78, 5) is 17.1. The summed E-state index contributed by atoms with van der Waals surface area (Å²) in [6.45, 7) is 2.83. The maximum atomic E-state index is 12.0. The fourth-order valence-corrected chi connectivity index (χ4v) is 2.34. The minimum absolute atomic E-state index is 0.161. The molecule has 82 valence electrons. The third-order valence-electron chi connectivity index (χ3n) is 3.33. The van der Waals surface area contributed by atoms with Crippen LogP contribution in [0.25, 0.3) is 10.9 Å². The molecular formula is C13H14N2O. The average Bonchev–Trinajstić information content (AvgIpc) is 2.85. The lowest BCUT2D eigenvalue weighted by atomic mass is 10.1. The first-order valence-electron chi connectivity index (χ1n) is 5.65. The molecule has 0 spiro atoms. The van der Waals surface area contributed by atoms with Crippen molar-refractivity contribution in [2.24, 2.45) is 5.92 Å². The first-order chi connectivity index (χ1) is 7.77. The van der Waals surface area contributed by atoms with Gasteiger partial charge in [0.15, 0.2) is 0 Å². The fourth-order valence-electron chi connectivity index (χ4n) is 2.34. The number of benzene rings is 1. The number of para-hydroxylation sites is 1. The lowest BCUT2D eigenvalue weighted by Crippen LogP contribution is -2.25. The molecule has 3 rings (SSSR count). The third kappa shape index (κ3) is 1.24. The monoisotopic (exact) mass is 214 g/mol. The van der Waals surface area contributed by atoms with E-state index in [1.165, 1.54) is 0 Å². The van der Waals surface area contributed by atoms with Crippen LogP contribution in [0, 0.1) is 5.92 Å². The van der Waals surface area contributed by atoms with Crippen molar-refractivity contribution in [3.8, 4) is 0 Å². The number of fused-ring (bicyclic) bond motifs is 1. The van der Waals surface area contributed by atoms with Gasteiger partial charge in [-0.15, -0.1) is 0 Å². The number of hydrogen-bond acceptors (Lipinski definition) is 1. The van der Waals surface area contributed by atoms with E-state index in [4.69, 9.17) is 0 Å². The van der Waals surface area contributed by atoms with Gasteiger partial charge >= 0.3 is 0 Å². The van der Waals surface area contributed by atoms with Crippen molar-refractivity contribution >= 4 is 22.5 Å². The Morgan fingerprint density at radius 1 is 1.38 bits per heavy atom. The summed E-state index contributed by atoms with van der Waals surface area (Å²) in [6.07, 6.45) is 2.89. The van der Waals surface area contributed by atoms with Crippen molar-refractivity contribution in [3.63, 3.8) is 0 Å². The number of aromatic nitrogens is 1. The number of H-pyrrole nitrogens is 1. The zero-order valence-electron chi connectivity index (χ0n) is 9.23. The quantitative estimate of drug-likeness (QED) is 0.778. The summed E-state index contributed by atoms with van der Waals surface area (Å²) in [5, 5.41) is 1.13. The van der Waals surface area contributed by atoms with Crippen LogP contribution in [0.15, 0.2) is 30.5 Å². The highest BCUT2D eigenvalue weighted by molar-refractivity contribution is 6.05. The summed E-state index contributed by atoms with van der Waals surface area (Å²) in [5.74, 6) is 0.401. The van der Waals surface area contributed by atoms with Gasteiger partial charge in [0.2, 0.25) is 5.91 Å². The van der Waals surface area contributed by atoms with Gasteiger partial charge in [0.1, 0.15) is 0 Å². The second kappa shape index (κ2) is 3.37. The summed E-state index contributed by atoms with van der Waals surface area (Å²) in [5.41, 5.74) is 2.11. The van der Waals surface area contributed by atoms with E-state index < -0.39 is 0 Å². The summed E-state index contributed by atoms with van der Waals surface area (Å²) >= 11 is 0. The number of carbonyl (C=O) groups is 1. The van der Waals surface area contributed by atoms with E-state index in [1.807, 2.05) is 36.2 Å². The zero-order valence-corrected chi connectivity index (χ0v) is 9.23. The van der Waals surface area contributed by atoms with Gasteiger partial charge in [0, 0.05) is 29.6 Å². The van der Waals surface area contributed by atoms with Crippen LogP contribution in [0.5, 0.6) is 0 Å². The number of anilines is 1. The van der Waals surface area contributed by atoms with Crippen molar-refractivity contribution in [2.75, 3.05) is 11.4 Å². The van der Waals surface area contributed by atoms with Gasteiger partial charge in [-0.25, -0.2) is 0 Å². The number of amides is 1. The molecule has 1 aromatic carbocycles. The van der Waals surface area contributed by atoms with E-state index in [9.17, 15) is 4.79 Å². The van der Waals surface area contributed by atoms with Crippen LogP contribution in [0.1, 0.15) is 13.3 Å². The normalized spacial score (nSPS) is 20.9. The number of nitrogens with zero attached hydrogens (tertiary/aromatic N) is 1. The molecular weight excluding hydrogens is 200 g/mol. The Balaban J connectivity index is 2.10. The molecule has 1 fully saturated rings. The Hall–Kier alpha value is -1.77. The van der Waals surface area contributed by atoms with E-state index in [0.29, 0.717) is 0 Å². The molecule has 3 heteroatoms.